The van der Waals surface area contributed by atoms with Gasteiger partial charge in [0.1, 0.15) is 0 Å². The molecule has 2 aromatic rings. The van der Waals surface area contributed by atoms with Crippen LogP contribution in [0.2, 0.25) is 0 Å². The molecule has 178 valence electrons. The molecule has 0 N–H and O–H groups in total. The largest absolute Gasteiger partial charge is 0.462 e. The Labute approximate surface area is 204 Å². The first-order valence-electron chi connectivity index (χ1n) is 12.2. The lowest BCUT2D eigenvalue weighted by Gasteiger charge is -2.04. The summed E-state index contributed by atoms with van der Waals surface area (Å²) >= 11 is 0. The Hall–Kier alpha value is -3.50. The fraction of sp³-hybridized carbons (Fsp3) is 0.400. The van der Waals surface area contributed by atoms with Gasteiger partial charge in [-0.05, 0) is 61.1 Å². The predicted molar refractivity (Wildman–Crippen MR) is 135 cm³/mol. The first-order valence-corrected chi connectivity index (χ1v) is 12.2. The van der Waals surface area contributed by atoms with Crippen LogP contribution in [0.4, 0.5) is 0 Å². The molecule has 0 atom stereocenters. The molecule has 4 heteroatoms. The van der Waals surface area contributed by atoms with Crippen molar-refractivity contribution in [1.29, 1.82) is 0 Å². The molecule has 4 nitrogen and oxygen atoms in total. The van der Waals surface area contributed by atoms with Gasteiger partial charge in [0.15, 0.2) is 0 Å². The number of ether oxygens (including phenoxy) is 2. The maximum atomic E-state index is 12.2. The van der Waals surface area contributed by atoms with Crippen molar-refractivity contribution >= 4 is 11.9 Å². The van der Waals surface area contributed by atoms with E-state index in [-0.39, 0.29) is 11.9 Å². The van der Waals surface area contributed by atoms with E-state index in [4.69, 9.17) is 9.47 Å². The van der Waals surface area contributed by atoms with Gasteiger partial charge in [0.05, 0.1) is 24.3 Å². The number of carbonyl (C=O) groups is 2. The molecule has 0 amide bonds. The van der Waals surface area contributed by atoms with Crippen LogP contribution < -0.4 is 0 Å². The minimum absolute atomic E-state index is 0.333. The van der Waals surface area contributed by atoms with Gasteiger partial charge < -0.3 is 9.47 Å². The molecule has 0 aliphatic carbocycles. The fourth-order valence-corrected chi connectivity index (χ4v) is 3.21. The van der Waals surface area contributed by atoms with Gasteiger partial charge >= 0.3 is 11.9 Å². The molecule has 0 bridgehead atoms. The third kappa shape index (κ3) is 10.4. The first kappa shape index (κ1) is 26.7. The lowest BCUT2D eigenvalue weighted by atomic mass is 10.1. The molecular formula is C30H34O4. The normalized spacial score (nSPS) is 9.82. The van der Waals surface area contributed by atoms with Crippen molar-refractivity contribution in [2.45, 2.75) is 65.2 Å². The van der Waals surface area contributed by atoms with Crippen LogP contribution in [0.5, 0.6) is 0 Å². The first-order chi connectivity index (χ1) is 16.6. The summed E-state index contributed by atoms with van der Waals surface area (Å²) in [6.07, 6.45) is 8.49. The van der Waals surface area contributed by atoms with Gasteiger partial charge in [-0.3, -0.25) is 0 Å². The topological polar surface area (TPSA) is 52.6 Å². The molecular weight excluding hydrogens is 424 g/mol. The van der Waals surface area contributed by atoms with Crippen molar-refractivity contribution in [1.82, 2.24) is 0 Å². The minimum Gasteiger partial charge on any atom is -0.462 e. The lowest BCUT2D eigenvalue weighted by molar-refractivity contribution is 0.0488. The predicted octanol–water partition coefficient (Wildman–Crippen LogP) is 6.56. The second kappa shape index (κ2) is 16.2. The van der Waals surface area contributed by atoms with Crippen molar-refractivity contribution < 1.29 is 19.1 Å². The summed E-state index contributed by atoms with van der Waals surface area (Å²) in [5, 5.41) is 0. The summed E-state index contributed by atoms with van der Waals surface area (Å²) in [7, 11) is 0. The quantitative estimate of drug-likeness (QED) is 0.205. The molecule has 0 saturated carbocycles. The van der Waals surface area contributed by atoms with Crippen LogP contribution in [0.1, 0.15) is 97.1 Å². The van der Waals surface area contributed by atoms with E-state index in [0.717, 1.165) is 51.4 Å². The van der Waals surface area contributed by atoms with Crippen LogP contribution in [0.25, 0.3) is 0 Å². The van der Waals surface area contributed by atoms with Crippen LogP contribution >= 0.6 is 0 Å². The molecule has 0 fully saturated rings. The zero-order chi connectivity index (χ0) is 24.4. The third-order valence-corrected chi connectivity index (χ3v) is 5.13. The molecule has 0 saturated heterocycles. The molecule has 2 rings (SSSR count). The summed E-state index contributed by atoms with van der Waals surface area (Å²) in [5.74, 6) is 10.9. The van der Waals surface area contributed by atoms with E-state index in [2.05, 4.69) is 37.5 Å². The highest BCUT2D eigenvalue weighted by Gasteiger charge is 2.08. The third-order valence-electron chi connectivity index (χ3n) is 5.13. The van der Waals surface area contributed by atoms with Gasteiger partial charge in [0.2, 0.25) is 0 Å². The van der Waals surface area contributed by atoms with Gasteiger partial charge in [-0.2, -0.15) is 0 Å². The molecule has 0 aliphatic heterocycles. The van der Waals surface area contributed by atoms with E-state index < -0.39 is 0 Å². The highest BCUT2D eigenvalue weighted by atomic mass is 16.5. The van der Waals surface area contributed by atoms with Crippen LogP contribution in [-0.2, 0) is 9.47 Å². The average Bonchev–Trinajstić information content (AvgIpc) is 2.86. The van der Waals surface area contributed by atoms with Gasteiger partial charge in [-0.15, -0.1) is 0 Å². The smallest absolute Gasteiger partial charge is 0.338 e. The van der Waals surface area contributed by atoms with E-state index in [0.29, 0.717) is 35.5 Å². The summed E-state index contributed by atoms with van der Waals surface area (Å²) in [6.45, 7) is 5.16. The van der Waals surface area contributed by atoms with Crippen LogP contribution in [0.3, 0.4) is 0 Å². The van der Waals surface area contributed by atoms with Gasteiger partial charge in [-0.1, -0.05) is 76.3 Å². The van der Waals surface area contributed by atoms with Crippen LogP contribution in [0.15, 0.2) is 48.5 Å². The molecule has 0 spiro atoms. The molecule has 0 aromatic heterocycles. The summed E-state index contributed by atoms with van der Waals surface area (Å²) in [6, 6.07) is 14.1. The van der Waals surface area contributed by atoms with E-state index in [1.807, 2.05) is 12.1 Å². The van der Waals surface area contributed by atoms with Crippen molar-refractivity contribution in [2.75, 3.05) is 13.2 Å². The molecule has 2 aromatic carbocycles. The second-order valence-corrected chi connectivity index (χ2v) is 8.05. The zero-order valence-corrected chi connectivity index (χ0v) is 20.3. The molecule has 0 aliphatic rings. The Morgan fingerprint density at radius 3 is 1.50 bits per heavy atom. The average molecular weight is 459 g/mol. The number of hydrogen-bond donors (Lipinski definition) is 0. The SMILES string of the molecule is CCCCCCOC(=O)c1cccc(C#CC#Cc2cccc(C(=O)OCCCCCC)c2)c1. The van der Waals surface area contributed by atoms with Gasteiger partial charge in [0, 0.05) is 11.1 Å². The fourth-order valence-electron chi connectivity index (χ4n) is 3.21. The van der Waals surface area contributed by atoms with Gasteiger partial charge in [0.25, 0.3) is 0 Å². The molecule has 34 heavy (non-hydrogen) atoms. The van der Waals surface area contributed by atoms with Crippen LogP contribution in [0, 0.1) is 23.7 Å². The Kier molecular flexibility index (Phi) is 12.7. The van der Waals surface area contributed by atoms with Gasteiger partial charge in [-0.25, -0.2) is 9.59 Å². The number of carbonyl (C=O) groups excluding carboxylic acids is 2. The minimum atomic E-state index is -0.333. The summed E-state index contributed by atoms with van der Waals surface area (Å²) in [5.41, 5.74) is 2.34. The van der Waals surface area contributed by atoms with E-state index >= 15 is 0 Å². The Morgan fingerprint density at radius 2 is 1.09 bits per heavy atom. The Balaban J connectivity index is 1.91. The summed E-state index contributed by atoms with van der Waals surface area (Å²) < 4.78 is 10.7. The second-order valence-electron chi connectivity index (χ2n) is 8.05. The maximum absolute atomic E-state index is 12.2. The molecule has 0 heterocycles. The summed E-state index contributed by atoms with van der Waals surface area (Å²) in [4.78, 5) is 24.4. The number of rotatable bonds is 12. The number of unbranched alkanes of at least 4 members (excludes halogenated alkanes) is 6. The Bertz CT molecular complexity index is 961. The van der Waals surface area contributed by atoms with Crippen molar-refractivity contribution in [3.05, 3.63) is 70.8 Å². The van der Waals surface area contributed by atoms with E-state index in [1.54, 1.807) is 36.4 Å². The monoisotopic (exact) mass is 458 g/mol. The highest BCUT2D eigenvalue weighted by Crippen LogP contribution is 2.09. The van der Waals surface area contributed by atoms with Crippen molar-refractivity contribution in [3.63, 3.8) is 0 Å². The number of hydrogen-bond acceptors (Lipinski definition) is 4. The maximum Gasteiger partial charge on any atom is 0.338 e. The number of benzene rings is 2. The molecule has 0 radical (unpaired) electrons. The van der Waals surface area contributed by atoms with E-state index in [1.165, 1.54) is 0 Å². The molecule has 0 unspecified atom stereocenters. The van der Waals surface area contributed by atoms with Crippen LogP contribution in [-0.4, -0.2) is 25.2 Å². The number of esters is 2. The standard InChI is InChI=1S/C30H34O4/c1-3-5-7-11-21-33-29(31)27-19-13-17-25(23-27)15-9-10-16-26-18-14-20-28(24-26)30(32)34-22-12-8-6-4-2/h13-14,17-20,23-24H,3-8,11-12,21-22H2,1-2H3. The zero-order valence-electron chi connectivity index (χ0n) is 20.3. The van der Waals surface area contributed by atoms with E-state index in [9.17, 15) is 9.59 Å². The Morgan fingerprint density at radius 1 is 0.647 bits per heavy atom. The lowest BCUT2D eigenvalue weighted by Crippen LogP contribution is -2.06. The van der Waals surface area contributed by atoms with Crippen molar-refractivity contribution in [3.8, 4) is 23.7 Å². The van der Waals surface area contributed by atoms with Crippen molar-refractivity contribution in [2.24, 2.45) is 0 Å². The highest BCUT2D eigenvalue weighted by molar-refractivity contribution is 5.90.